The molecule has 2 N–H and O–H groups in total. The maximum Gasteiger partial charge on any atom is 0.255 e. The zero-order valence-corrected chi connectivity index (χ0v) is 20.7. The van der Waals surface area contributed by atoms with Crippen LogP contribution in [0.5, 0.6) is 0 Å². The smallest absolute Gasteiger partial charge is 0.255 e. The molecular formula is C30H28N4O3. The molecule has 4 rings (SSSR count). The number of pyridine rings is 1. The third kappa shape index (κ3) is 6.67. The number of nitrogens with zero attached hydrogens (tertiary/aromatic N) is 2. The van der Waals surface area contributed by atoms with Gasteiger partial charge in [-0.15, -0.1) is 0 Å². The molecule has 37 heavy (non-hydrogen) atoms. The number of hydrogen-bond donors (Lipinski definition) is 2. The number of amides is 3. The van der Waals surface area contributed by atoms with Gasteiger partial charge < -0.3 is 15.5 Å². The molecule has 1 aromatic heterocycles. The lowest BCUT2D eigenvalue weighted by atomic mass is 10.1. The fourth-order valence-electron chi connectivity index (χ4n) is 3.95. The Balaban J connectivity index is 1.73. The maximum absolute atomic E-state index is 13.9. The van der Waals surface area contributed by atoms with E-state index in [2.05, 4.69) is 15.6 Å². The first-order valence-corrected chi connectivity index (χ1v) is 11.9. The van der Waals surface area contributed by atoms with Gasteiger partial charge in [-0.2, -0.15) is 0 Å². The molecule has 186 valence electrons. The summed E-state index contributed by atoms with van der Waals surface area (Å²) in [6.07, 6.45) is 1.61. The molecule has 0 aliphatic rings. The minimum atomic E-state index is -0.995. The molecule has 4 aromatic rings. The van der Waals surface area contributed by atoms with E-state index in [0.29, 0.717) is 22.6 Å². The number of anilines is 2. The van der Waals surface area contributed by atoms with Crippen LogP contribution in [0, 0.1) is 6.92 Å². The van der Waals surface area contributed by atoms with Crippen molar-refractivity contribution in [3.8, 4) is 0 Å². The molecule has 7 heteroatoms. The summed E-state index contributed by atoms with van der Waals surface area (Å²) in [5.74, 6) is -0.914. The molecule has 0 saturated carbocycles. The van der Waals surface area contributed by atoms with Gasteiger partial charge in [-0.3, -0.25) is 19.4 Å². The van der Waals surface area contributed by atoms with Gasteiger partial charge in [-0.1, -0.05) is 54.1 Å². The number of aromatic nitrogens is 1. The van der Waals surface area contributed by atoms with Gasteiger partial charge in [0.2, 0.25) is 5.91 Å². The highest BCUT2D eigenvalue weighted by Crippen LogP contribution is 2.26. The molecule has 0 aliphatic carbocycles. The molecule has 0 bridgehead atoms. The Morgan fingerprint density at radius 2 is 1.41 bits per heavy atom. The predicted molar refractivity (Wildman–Crippen MR) is 144 cm³/mol. The molecule has 7 nitrogen and oxygen atoms in total. The predicted octanol–water partition coefficient (Wildman–Crippen LogP) is 5.37. The normalized spacial score (nSPS) is 11.3. The number of hydrogen-bond acceptors (Lipinski definition) is 4. The Morgan fingerprint density at radius 1 is 0.784 bits per heavy atom. The van der Waals surface area contributed by atoms with E-state index in [9.17, 15) is 14.4 Å². The quantitative estimate of drug-likeness (QED) is 0.346. The van der Waals surface area contributed by atoms with E-state index in [-0.39, 0.29) is 24.3 Å². The molecule has 0 fully saturated rings. The minimum Gasteiger partial charge on any atom is -0.326 e. The largest absolute Gasteiger partial charge is 0.326 e. The lowest BCUT2D eigenvalue weighted by molar-refractivity contribution is -0.121. The molecule has 0 saturated heterocycles. The fourth-order valence-corrected chi connectivity index (χ4v) is 3.95. The number of nitrogens with one attached hydrogen (secondary N) is 2. The van der Waals surface area contributed by atoms with Gasteiger partial charge in [-0.25, -0.2) is 0 Å². The molecule has 3 aromatic carbocycles. The van der Waals surface area contributed by atoms with Crippen LogP contribution >= 0.6 is 0 Å². The summed E-state index contributed by atoms with van der Waals surface area (Å²) in [6, 6.07) is 27.9. The van der Waals surface area contributed by atoms with Gasteiger partial charge in [0.25, 0.3) is 11.8 Å². The van der Waals surface area contributed by atoms with Crippen molar-refractivity contribution in [3.05, 3.63) is 126 Å². The van der Waals surface area contributed by atoms with E-state index in [4.69, 9.17) is 0 Å². The molecule has 0 spiro atoms. The number of carbonyl (C=O) groups is 3. The summed E-state index contributed by atoms with van der Waals surface area (Å²) in [5.41, 5.74) is 3.98. The first kappa shape index (κ1) is 25.3. The van der Waals surface area contributed by atoms with Crippen molar-refractivity contribution in [1.82, 2.24) is 9.88 Å². The van der Waals surface area contributed by atoms with Gasteiger partial charge in [0.15, 0.2) is 6.04 Å². The highest BCUT2D eigenvalue weighted by Gasteiger charge is 2.33. The minimum absolute atomic E-state index is 0.190. The zero-order valence-electron chi connectivity index (χ0n) is 20.7. The van der Waals surface area contributed by atoms with Crippen molar-refractivity contribution in [2.75, 3.05) is 10.6 Å². The van der Waals surface area contributed by atoms with Crippen LogP contribution in [0.2, 0.25) is 0 Å². The number of benzene rings is 3. The van der Waals surface area contributed by atoms with Crippen LogP contribution in [0.1, 0.15) is 40.1 Å². The van der Waals surface area contributed by atoms with Crippen molar-refractivity contribution < 1.29 is 14.4 Å². The first-order chi connectivity index (χ1) is 17.9. The van der Waals surface area contributed by atoms with Crippen molar-refractivity contribution in [3.63, 3.8) is 0 Å². The molecular weight excluding hydrogens is 464 g/mol. The summed E-state index contributed by atoms with van der Waals surface area (Å²) >= 11 is 0. The van der Waals surface area contributed by atoms with Gasteiger partial charge >= 0.3 is 0 Å². The molecule has 0 radical (unpaired) electrons. The standard InChI is InChI=1S/C30H28N4O3/c1-21-11-15-26(16-12-21)33-29(36)28(27-10-6-7-19-31-27)34(20-23-8-4-3-5-9-23)30(37)24-13-17-25(18-14-24)32-22(2)35/h3-19,28H,20H2,1-2H3,(H,32,35)(H,33,36). The Morgan fingerprint density at radius 3 is 2.03 bits per heavy atom. The van der Waals surface area contributed by atoms with E-state index in [1.54, 1.807) is 48.7 Å². The van der Waals surface area contributed by atoms with Crippen molar-refractivity contribution in [2.24, 2.45) is 0 Å². The highest BCUT2D eigenvalue weighted by molar-refractivity contribution is 6.01. The van der Waals surface area contributed by atoms with Gasteiger partial charge in [0.05, 0.1) is 5.69 Å². The van der Waals surface area contributed by atoms with E-state index in [1.165, 1.54) is 11.8 Å². The monoisotopic (exact) mass is 492 g/mol. The van der Waals surface area contributed by atoms with Crippen LogP contribution in [0.4, 0.5) is 11.4 Å². The second-order valence-electron chi connectivity index (χ2n) is 8.69. The lowest BCUT2D eigenvalue weighted by Gasteiger charge is -2.31. The molecule has 0 aliphatic heterocycles. The summed E-state index contributed by atoms with van der Waals surface area (Å²) in [6.45, 7) is 3.58. The topological polar surface area (TPSA) is 91.4 Å². The third-order valence-corrected chi connectivity index (χ3v) is 5.76. The maximum atomic E-state index is 13.9. The van der Waals surface area contributed by atoms with Crippen LogP contribution in [-0.2, 0) is 16.1 Å². The fraction of sp³-hybridized carbons (Fsp3) is 0.133. The van der Waals surface area contributed by atoms with Crippen LogP contribution in [0.15, 0.2) is 103 Å². The van der Waals surface area contributed by atoms with Gasteiger partial charge in [0, 0.05) is 36.6 Å². The van der Waals surface area contributed by atoms with E-state index >= 15 is 0 Å². The average molecular weight is 493 g/mol. The van der Waals surface area contributed by atoms with Crippen molar-refractivity contribution in [2.45, 2.75) is 26.4 Å². The van der Waals surface area contributed by atoms with E-state index in [0.717, 1.165) is 11.1 Å². The Labute approximate surface area is 216 Å². The van der Waals surface area contributed by atoms with Crippen LogP contribution in [0.3, 0.4) is 0 Å². The Kier molecular flexibility index (Phi) is 8.05. The van der Waals surface area contributed by atoms with Crippen LogP contribution < -0.4 is 10.6 Å². The Bertz CT molecular complexity index is 1360. The summed E-state index contributed by atoms with van der Waals surface area (Å²) in [5, 5.41) is 5.65. The van der Waals surface area contributed by atoms with Crippen molar-refractivity contribution >= 4 is 29.1 Å². The highest BCUT2D eigenvalue weighted by atomic mass is 16.2. The summed E-state index contributed by atoms with van der Waals surface area (Å²) in [7, 11) is 0. The number of aryl methyl sites for hydroxylation is 1. The lowest BCUT2D eigenvalue weighted by Crippen LogP contribution is -2.41. The van der Waals surface area contributed by atoms with Crippen molar-refractivity contribution in [1.29, 1.82) is 0 Å². The van der Waals surface area contributed by atoms with Crippen LogP contribution in [-0.4, -0.2) is 27.6 Å². The second-order valence-corrected chi connectivity index (χ2v) is 8.69. The Hall–Kier alpha value is -4.78. The van der Waals surface area contributed by atoms with E-state index < -0.39 is 6.04 Å². The van der Waals surface area contributed by atoms with Gasteiger partial charge in [0.1, 0.15) is 0 Å². The number of carbonyl (C=O) groups excluding carboxylic acids is 3. The number of rotatable bonds is 8. The molecule has 1 unspecified atom stereocenters. The molecule has 1 atom stereocenters. The second kappa shape index (κ2) is 11.8. The molecule has 3 amide bonds. The summed E-state index contributed by atoms with van der Waals surface area (Å²) in [4.78, 5) is 45.0. The molecule has 1 heterocycles. The third-order valence-electron chi connectivity index (χ3n) is 5.76. The SMILES string of the molecule is CC(=O)Nc1ccc(C(=O)N(Cc2ccccc2)C(C(=O)Nc2ccc(C)cc2)c2ccccn2)cc1. The van der Waals surface area contributed by atoms with Crippen LogP contribution in [0.25, 0.3) is 0 Å². The summed E-state index contributed by atoms with van der Waals surface area (Å²) < 4.78 is 0. The average Bonchev–Trinajstić information content (AvgIpc) is 2.90. The van der Waals surface area contributed by atoms with Gasteiger partial charge in [-0.05, 0) is 61.0 Å². The zero-order chi connectivity index (χ0) is 26.2. The van der Waals surface area contributed by atoms with E-state index in [1.807, 2.05) is 61.5 Å². The first-order valence-electron chi connectivity index (χ1n) is 11.9.